The number of nitrogens with one attached hydrogen (secondary N) is 1. The summed E-state index contributed by atoms with van der Waals surface area (Å²) in [5.41, 5.74) is 2.37. The Balaban J connectivity index is 1.69. The molecule has 0 radical (unpaired) electrons. The van der Waals surface area contributed by atoms with E-state index in [0.717, 1.165) is 31.4 Å². The van der Waals surface area contributed by atoms with Gasteiger partial charge in [0.2, 0.25) is 5.91 Å². The molecule has 0 saturated carbocycles. The summed E-state index contributed by atoms with van der Waals surface area (Å²) in [5.74, 6) is -1.04. The highest BCUT2D eigenvalue weighted by Gasteiger charge is 2.25. The number of hydrogen-bond donors (Lipinski definition) is 2. The zero-order valence-electron chi connectivity index (χ0n) is 13.0. The number of carboxylic acids is 1. The van der Waals surface area contributed by atoms with Crippen LogP contribution in [0.25, 0.3) is 0 Å². The highest BCUT2D eigenvalue weighted by atomic mass is 16.4. The largest absolute Gasteiger partial charge is 0.481 e. The lowest BCUT2D eigenvalue weighted by Crippen LogP contribution is -2.44. The van der Waals surface area contributed by atoms with Crippen LogP contribution in [0.3, 0.4) is 0 Å². The van der Waals surface area contributed by atoms with E-state index in [0.29, 0.717) is 19.6 Å². The molecule has 22 heavy (non-hydrogen) atoms. The van der Waals surface area contributed by atoms with Gasteiger partial charge in [-0.2, -0.15) is 0 Å². The first kappa shape index (κ1) is 16.5. The van der Waals surface area contributed by atoms with E-state index in [1.165, 1.54) is 5.56 Å². The molecule has 1 heterocycles. The number of piperidine rings is 1. The maximum Gasteiger partial charge on any atom is 0.307 e. The van der Waals surface area contributed by atoms with E-state index in [1.807, 2.05) is 36.1 Å². The number of carbonyl (C=O) groups excluding carboxylic acids is 1. The number of rotatable bonds is 6. The number of carboxylic acid groups (broad SMARTS) is 1. The van der Waals surface area contributed by atoms with Crippen molar-refractivity contribution < 1.29 is 14.7 Å². The normalized spacial score (nSPS) is 18.9. The van der Waals surface area contributed by atoms with Gasteiger partial charge < -0.3 is 10.4 Å². The Morgan fingerprint density at radius 3 is 2.73 bits per heavy atom. The molecule has 1 aliphatic heterocycles. The van der Waals surface area contributed by atoms with Crippen molar-refractivity contribution in [3.63, 3.8) is 0 Å². The van der Waals surface area contributed by atoms with Gasteiger partial charge in [-0.25, -0.2) is 0 Å². The van der Waals surface area contributed by atoms with Crippen LogP contribution in [0.2, 0.25) is 0 Å². The Bertz CT molecular complexity index is 513. The lowest BCUT2D eigenvalue weighted by Gasteiger charge is -2.30. The fourth-order valence-electron chi connectivity index (χ4n) is 2.70. The summed E-state index contributed by atoms with van der Waals surface area (Å²) in [6, 6.07) is 8.19. The monoisotopic (exact) mass is 304 g/mol. The fourth-order valence-corrected chi connectivity index (χ4v) is 2.70. The molecule has 1 unspecified atom stereocenters. The van der Waals surface area contributed by atoms with Crippen molar-refractivity contribution in [3.05, 3.63) is 35.4 Å². The minimum atomic E-state index is -0.740. The molecule has 1 aromatic carbocycles. The molecule has 1 aliphatic rings. The molecule has 1 amide bonds. The van der Waals surface area contributed by atoms with Gasteiger partial charge in [-0.15, -0.1) is 0 Å². The Morgan fingerprint density at radius 2 is 2.05 bits per heavy atom. The molecule has 1 saturated heterocycles. The van der Waals surface area contributed by atoms with Gasteiger partial charge in [-0.3, -0.25) is 14.5 Å². The fraction of sp³-hybridized carbons (Fsp3) is 0.529. The highest BCUT2D eigenvalue weighted by molar-refractivity contribution is 5.76. The molecule has 2 N–H and O–H groups in total. The number of benzene rings is 1. The Hall–Kier alpha value is -1.88. The zero-order chi connectivity index (χ0) is 15.9. The lowest BCUT2D eigenvalue weighted by atomic mass is 9.99. The van der Waals surface area contributed by atoms with Gasteiger partial charge in [-0.05, 0) is 38.3 Å². The Kier molecular flexibility index (Phi) is 5.95. The molecular weight excluding hydrogens is 280 g/mol. The average molecular weight is 304 g/mol. The molecule has 0 aromatic heterocycles. The Morgan fingerprint density at radius 1 is 1.32 bits per heavy atom. The summed E-state index contributed by atoms with van der Waals surface area (Å²) in [4.78, 5) is 24.9. The van der Waals surface area contributed by atoms with E-state index in [2.05, 4.69) is 5.32 Å². The first-order valence-electron chi connectivity index (χ1n) is 7.82. The molecule has 1 aromatic rings. The molecule has 0 aliphatic carbocycles. The van der Waals surface area contributed by atoms with Gasteiger partial charge in [0.15, 0.2) is 0 Å². The first-order chi connectivity index (χ1) is 10.5. The van der Waals surface area contributed by atoms with Crippen molar-refractivity contribution in [1.82, 2.24) is 10.2 Å². The van der Waals surface area contributed by atoms with E-state index in [-0.39, 0.29) is 11.8 Å². The predicted molar refractivity (Wildman–Crippen MR) is 84.4 cm³/mol. The van der Waals surface area contributed by atoms with Crippen LogP contribution in [-0.4, -0.2) is 41.6 Å². The van der Waals surface area contributed by atoms with Crippen LogP contribution in [0.5, 0.6) is 0 Å². The smallest absolute Gasteiger partial charge is 0.307 e. The molecule has 5 nitrogen and oxygen atoms in total. The second-order valence-electron chi connectivity index (χ2n) is 6.00. The number of hydrogen-bond acceptors (Lipinski definition) is 3. The van der Waals surface area contributed by atoms with Crippen LogP contribution in [0, 0.1) is 12.8 Å². The summed E-state index contributed by atoms with van der Waals surface area (Å²) >= 11 is 0. The van der Waals surface area contributed by atoms with E-state index in [4.69, 9.17) is 5.11 Å². The van der Waals surface area contributed by atoms with Crippen molar-refractivity contribution in [3.8, 4) is 0 Å². The number of aliphatic carboxylic acids is 1. The predicted octanol–water partition coefficient (Wildman–Crippen LogP) is 1.80. The molecule has 5 heteroatoms. The van der Waals surface area contributed by atoms with Crippen LogP contribution in [-0.2, 0) is 16.0 Å². The van der Waals surface area contributed by atoms with Gasteiger partial charge in [0.1, 0.15) is 0 Å². The number of nitrogens with zero attached hydrogens (tertiary/aromatic N) is 1. The van der Waals surface area contributed by atoms with Gasteiger partial charge in [0.25, 0.3) is 0 Å². The molecular formula is C17H24N2O3. The summed E-state index contributed by atoms with van der Waals surface area (Å²) in [5, 5.41) is 11.9. The number of amides is 1. The molecule has 2 rings (SSSR count). The van der Waals surface area contributed by atoms with Gasteiger partial charge in [0, 0.05) is 13.0 Å². The first-order valence-corrected chi connectivity index (χ1v) is 7.82. The third-order valence-electron chi connectivity index (χ3n) is 4.12. The number of likely N-dealkylation sites (tertiary alicyclic amines) is 1. The van der Waals surface area contributed by atoms with Gasteiger partial charge in [-0.1, -0.05) is 29.8 Å². The molecule has 0 bridgehead atoms. The summed E-state index contributed by atoms with van der Waals surface area (Å²) in [7, 11) is 0. The van der Waals surface area contributed by atoms with Crippen LogP contribution in [0.15, 0.2) is 24.3 Å². The van der Waals surface area contributed by atoms with Crippen molar-refractivity contribution in [1.29, 1.82) is 0 Å². The second kappa shape index (κ2) is 7.94. The molecule has 1 fully saturated rings. The third kappa shape index (κ3) is 5.15. The van der Waals surface area contributed by atoms with E-state index >= 15 is 0 Å². The maximum absolute atomic E-state index is 11.9. The topological polar surface area (TPSA) is 69.6 Å². The highest BCUT2D eigenvalue weighted by Crippen LogP contribution is 2.15. The van der Waals surface area contributed by atoms with Crippen LogP contribution < -0.4 is 5.32 Å². The maximum atomic E-state index is 11.9. The minimum absolute atomic E-state index is 0.0121. The van der Waals surface area contributed by atoms with Crippen molar-refractivity contribution in [2.45, 2.75) is 32.6 Å². The third-order valence-corrected chi connectivity index (χ3v) is 4.12. The quantitative estimate of drug-likeness (QED) is 0.841. The standard InChI is InChI=1S/C17H24N2O3/c1-13-4-6-14(7-5-13)8-9-16(20)18-12-19-10-2-3-15(11-19)17(21)22/h4-7,15H,2-3,8-12H2,1H3,(H,18,20)(H,21,22). The van der Waals surface area contributed by atoms with Crippen molar-refractivity contribution in [2.24, 2.45) is 5.92 Å². The van der Waals surface area contributed by atoms with E-state index < -0.39 is 5.97 Å². The summed E-state index contributed by atoms with van der Waals surface area (Å²) in [6.45, 7) is 3.85. The van der Waals surface area contributed by atoms with Gasteiger partial charge in [0.05, 0.1) is 12.6 Å². The van der Waals surface area contributed by atoms with E-state index in [9.17, 15) is 9.59 Å². The van der Waals surface area contributed by atoms with Crippen molar-refractivity contribution in [2.75, 3.05) is 19.8 Å². The lowest BCUT2D eigenvalue weighted by molar-refractivity contribution is -0.143. The number of carbonyl (C=O) groups is 2. The summed E-state index contributed by atoms with van der Waals surface area (Å²) < 4.78 is 0. The molecule has 120 valence electrons. The minimum Gasteiger partial charge on any atom is -0.481 e. The zero-order valence-corrected chi connectivity index (χ0v) is 13.0. The average Bonchev–Trinajstić information content (AvgIpc) is 2.52. The summed E-state index contributed by atoms with van der Waals surface area (Å²) in [6.07, 6.45) is 2.78. The molecule has 0 spiro atoms. The van der Waals surface area contributed by atoms with Crippen LogP contribution in [0.1, 0.15) is 30.4 Å². The van der Waals surface area contributed by atoms with Gasteiger partial charge >= 0.3 is 5.97 Å². The number of aryl methyl sites for hydroxylation is 2. The van der Waals surface area contributed by atoms with Crippen LogP contribution >= 0.6 is 0 Å². The SMILES string of the molecule is Cc1ccc(CCC(=O)NCN2CCCC(C(=O)O)C2)cc1. The molecule has 1 atom stereocenters. The second-order valence-corrected chi connectivity index (χ2v) is 6.00. The van der Waals surface area contributed by atoms with E-state index in [1.54, 1.807) is 0 Å². The van der Waals surface area contributed by atoms with Crippen molar-refractivity contribution >= 4 is 11.9 Å². The van der Waals surface area contributed by atoms with Crippen LogP contribution in [0.4, 0.5) is 0 Å². The Labute approximate surface area is 131 Å².